The fourth-order valence-electron chi connectivity index (χ4n) is 2.09. The van der Waals surface area contributed by atoms with Crippen LogP contribution >= 0.6 is 0 Å². The van der Waals surface area contributed by atoms with Crippen LogP contribution in [0.15, 0.2) is 0 Å². The highest BCUT2D eigenvalue weighted by Crippen LogP contribution is 2.26. The molecule has 0 saturated carbocycles. The Balaban J connectivity index is 2.48. The van der Waals surface area contributed by atoms with Crippen molar-refractivity contribution in [2.45, 2.75) is 27.2 Å². The largest absolute Gasteiger partial charge is 0.371 e. The summed E-state index contributed by atoms with van der Waals surface area (Å²) < 4.78 is 0. The second-order valence-electron chi connectivity index (χ2n) is 5.41. The van der Waals surface area contributed by atoms with Gasteiger partial charge in [-0.25, -0.2) is 9.97 Å². The van der Waals surface area contributed by atoms with Gasteiger partial charge < -0.3 is 21.3 Å². The van der Waals surface area contributed by atoms with Gasteiger partial charge in [-0.05, 0) is 12.8 Å². The van der Waals surface area contributed by atoms with Gasteiger partial charge in [0.15, 0.2) is 11.6 Å². The monoisotopic (exact) mass is 318 g/mol. The Morgan fingerprint density at radius 2 is 1.35 bits per heavy atom. The van der Waals surface area contributed by atoms with Crippen molar-refractivity contribution in [3.8, 4) is 0 Å². The lowest BCUT2D eigenvalue weighted by Crippen LogP contribution is -2.14. The van der Waals surface area contributed by atoms with Crippen LogP contribution in [0.1, 0.15) is 27.2 Å². The lowest BCUT2D eigenvalue weighted by molar-refractivity contribution is 0.591. The first-order valence-corrected chi connectivity index (χ1v) is 8.05. The quantitative estimate of drug-likeness (QED) is 0.589. The van der Waals surface area contributed by atoms with Crippen molar-refractivity contribution in [2.24, 2.45) is 5.92 Å². The molecule has 0 spiro atoms. The minimum absolute atomic E-state index is 0.559. The third-order valence-electron chi connectivity index (χ3n) is 3.66. The molecule has 2 rings (SSSR count). The van der Waals surface area contributed by atoms with E-state index in [-0.39, 0.29) is 0 Å². The van der Waals surface area contributed by atoms with E-state index in [1.807, 2.05) is 21.0 Å². The van der Waals surface area contributed by atoms with E-state index in [0.717, 1.165) is 19.5 Å². The molecule has 0 fully saturated rings. The number of nitrogens with one attached hydrogen (secondary N) is 4. The Kier molecular flexibility index (Phi) is 5.72. The topological polar surface area (TPSA) is 99.7 Å². The molecule has 0 aliphatic carbocycles. The first-order valence-electron chi connectivity index (χ1n) is 8.05. The summed E-state index contributed by atoms with van der Waals surface area (Å²) in [6, 6.07) is 0. The van der Waals surface area contributed by atoms with Crippen LogP contribution in [0.5, 0.6) is 0 Å². The highest BCUT2D eigenvalue weighted by Gasteiger charge is 2.14. The first kappa shape index (κ1) is 17.0. The van der Waals surface area contributed by atoms with Crippen LogP contribution in [-0.4, -0.2) is 47.1 Å². The third kappa shape index (κ3) is 3.88. The molecular weight excluding hydrogens is 292 g/mol. The first-order chi connectivity index (χ1) is 11.1. The number of anilines is 4. The van der Waals surface area contributed by atoms with Gasteiger partial charge in [0.05, 0.1) is 0 Å². The number of aromatic nitrogens is 4. The Morgan fingerprint density at radius 3 is 1.78 bits per heavy atom. The van der Waals surface area contributed by atoms with Gasteiger partial charge in [0.1, 0.15) is 11.0 Å². The summed E-state index contributed by atoms with van der Waals surface area (Å²) in [5.74, 6) is 3.06. The average Bonchev–Trinajstić information content (AvgIpc) is 2.58. The molecule has 1 unspecified atom stereocenters. The summed E-state index contributed by atoms with van der Waals surface area (Å²) in [6.07, 6.45) is 1.11. The predicted octanol–water partition coefficient (Wildman–Crippen LogP) is 2.39. The summed E-state index contributed by atoms with van der Waals surface area (Å²) in [4.78, 5) is 18.1. The molecule has 126 valence electrons. The summed E-state index contributed by atoms with van der Waals surface area (Å²) in [5.41, 5.74) is 1.39. The van der Waals surface area contributed by atoms with E-state index in [9.17, 15) is 0 Å². The van der Waals surface area contributed by atoms with Gasteiger partial charge in [-0.2, -0.15) is 9.97 Å². The minimum Gasteiger partial charge on any atom is -0.371 e. The van der Waals surface area contributed by atoms with Gasteiger partial charge in [-0.15, -0.1) is 0 Å². The van der Waals surface area contributed by atoms with E-state index in [0.29, 0.717) is 40.5 Å². The summed E-state index contributed by atoms with van der Waals surface area (Å²) in [7, 11) is 3.65. The number of fused-ring (bicyclic) bond motifs is 1. The van der Waals surface area contributed by atoms with E-state index in [1.54, 1.807) is 0 Å². The van der Waals surface area contributed by atoms with Crippen LogP contribution in [0.25, 0.3) is 11.0 Å². The number of nitrogens with zero attached hydrogens (tertiary/aromatic N) is 4. The SMILES string of the molecule is CCNc1nc(NC)c2nc(NCC(C)CC)nc(NC)c2n1. The zero-order chi connectivity index (χ0) is 16.8. The van der Waals surface area contributed by atoms with Crippen molar-refractivity contribution in [3.63, 3.8) is 0 Å². The molecule has 0 bridgehead atoms. The molecule has 0 amide bonds. The van der Waals surface area contributed by atoms with E-state index in [1.165, 1.54) is 0 Å². The van der Waals surface area contributed by atoms with Crippen LogP contribution in [0.4, 0.5) is 23.5 Å². The maximum absolute atomic E-state index is 4.58. The maximum Gasteiger partial charge on any atom is 0.225 e. The molecule has 2 aromatic heterocycles. The van der Waals surface area contributed by atoms with Crippen molar-refractivity contribution in [1.82, 2.24) is 19.9 Å². The summed E-state index contributed by atoms with van der Waals surface area (Å²) in [6.45, 7) is 7.94. The minimum atomic E-state index is 0.559. The van der Waals surface area contributed by atoms with Crippen LogP contribution in [0, 0.1) is 5.92 Å². The zero-order valence-electron chi connectivity index (χ0n) is 14.5. The van der Waals surface area contributed by atoms with Gasteiger partial charge in [-0.1, -0.05) is 20.3 Å². The smallest absolute Gasteiger partial charge is 0.225 e. The fraction of sp³-hybridized carbons (Fsp3) is 0.600. The Hall–Kier alpha value is -2.38. The van der Waals surface area contributed by atoms with Gasteiger partial charge in [0.25, 0.3) is 0 Å². The van der Waals surface area contributed by atoms with Crippen LogP contribution < -0.4 is 21.3 Å². The standard InChI is InChI=1S/C15H26N8/c1-6-9(3)8-19-15-21-11-10(13(17-5)23-15)20-14(18-7-2)22-12(11)16-4/h9H,6-8H2,1-5H3,(H2,16,18,20,22)(H2,17,19,21,23). The third-order valence-corrected chi connectivity index (χ3v) is 3.66. The molecule has 2 heterocycles. The molecule has 4 N–H and O–H groups in total. The van der Waals surface area contributed by atoms with Gasteiger partial charge in [0, 0.05) is 27.2 Å². The van der Waals surface area contributed by atoms with Gasteiger partial charge in [0.2, 0.25) is 11.9 Å². The molecule has 2 aromatic rings. The van der Waals surface area contributed by atoms with E-state index >= 15 is 0 Å². The lowest BCUT2D eigenvalue weighted by atomic mass is 10.1. The van der Waals surface area contributed by atoms with E-state index in [4.69, 9.17) is 0 Å². The molecule has 8 heteroatoms. The molecule has 0 aliphatic rings. The van der Waals surface area contributed by atoms with E-state index in [2.05, 4.69) is 55.1 Å². The molecule has 0 saturated heterocycles. The van der Waals surface area contributed by atoms with Gasteiger partial charge >= 0.3 is 0 Å². The van der Waals surface area contributed by atoms with Crippen molar-refractivity contribution >= 4 is 34.6 Å². The highest BCUT2D eigenvalue weighted by atomic mass is 15.2. The van der Waals surface area contributed by atoms with Crippen molar-refractivity contribution in [2.75, 3.05) is 48.5 Å². The van der Waals surface area contributed by atoms with Crippen LogP contribution in [0.2, 0.25) is 0 Å². The molecule has 0 aliphatic heterocycles. The molecule has 8 nitrogen and oxygen atoms in total. The van der Waals surface area contributed by atoms with Crippen molar-refractivity contribution in [3.05, 3.63) is 0 Å². The van der Waals surface area contributed by atoms with Crippen molar-refractivity contribution < 1.29 is 0 Å². The van der Waals surface area contributed by atoms with Gasteiger partial charge in [-0.3, -0.25) is 0 Å². The molecular formula is C15H26N8. The van der Waals surface area contributed by atoms with E-state index < -0.39 is 0 Å². The normalized spacial score (nSPS) is 12.0. The van der Waals surface area contributed by atoms with Crippen LogP contribution in [-0.2, 0) is 0 Å². The maximum atomic E-state index is 4.58. The Bertz CT molecular complexity index is 657. The Labute approximate surface area is 136 Å². The predicted molar refractivity (Wildman–Crippen MR) is 96.3 cm³/mol. The summed E-state index contributed by atoms with van der Waals surface area (Å²) in [5, 5.41) is 12.6. The van der Waals surface area contributed by atoms with Crippen molar-refractivity contribution in [1.29, 1.82) is 0 Å². The number of hydrogen-bond acceptors (Lipinski definition) is 8. The zero-order valence-corrected chi connectivity index (χ0v) is 14.5. The number of rotatable bonds is 8. The molecule has 0 aromatic carbocycles. The number of hydrogen-bond donors (Lipinski definition) is 4. The molecule has 23 heavy (non-hydrogen) atoms. The average molecular weight is 318 g/mol. The molecule has 1 atom stereocenters. The van der Waals surface area contributed by atoms with Crippen LogP contribution in [0.3, 0.4) is 0 Å². The second kappa shape index (κ2) is 7.75. The summed E-state index contributed by atoms with van der Waals surface area (Å²) >= 11 is 0. The second-order valence-corrected chi connectivity index (χ2v) is 5.41. The lowest BCUT2D eigenvalue weighted by Gasteiger charge is -2.14. The molecule has 0 radical (unpaired) electrons. The fourth-order valence-corrected chi connectivity index (χ4v) is 2.09. The highest BCUT2D eigenvalue weighted by molar-refractivity contribution is 5.94. The Morgan fingerprint density at radius 1 is 0.826 bits per heavy atom.